The lowest BCUT2D eigenvalue weighted by molar-refractivity contribution is -0.304. The second-order valence-corrected chi connectivity index (χ2v) is 4.55. The molecule has 0 amide bonds. The van der Waals surface area contributed by atoms with Crippen LogP contribution < -0.4 is 4.98 Å². The molecule has 0 atom stereocenters. The third-order valence-corrected chi connectivity index (χ3v) is 2.84. The quantitative estimate of drug-likeness (QED) is 0.908. The number of Topliss-reactive ketones (excluding diaryl/α,β-unsaturated/α-hetero) is 1. The van der Waals surface area contributed by atoms with Crippen LogP contribution in [0.1, 0.15) is 30.3 Å². The summed E-state index contributed by atoms with van der Waals surface area (Å²) in [6.07, 6.45) is 7.03. The maximum atomic E-state index is 10.9. The van der Waals surface area contributed by atoms with Crippen LogP contribution in [0.15, 0.2) is 18.2 Å². The predicted molar refractivity (Wildman–Crippen MR) is 72.3 cm³/mol. The Hall–Kier alpha value is -2.41. The molecule has 0 aromatic carbocycles. The summed E-state index contributed by atoms with van der Waals surface area (Å²) in [7, 11) is 0. The highest BCUT2D eigenvalue weighted by molar-refractivity contribution is 5.78. The Morgan fingerprint density at radius 1 is 1.53 bits per heavy atom. The van der Waals surface area contributed by atoms with Gasteiger partial charge in [-0.15, -0.1) is 0 Å². The smallest absolute Gasteiger partial charge is 0.300 e. The highest BCUT2D eigenvalue weighted by atomic mass is 16.1. The number of H-pyrrole nitrogens is 1. The molecule has 19 heavy (non-hydrogen) atoms. The van der Waals surface area contributed by atoms with Gasteiger partial charge in [-0.1, -0.05) is 6.08 Å². The Bertz CT molecular complexity index is 626. The molecule has 0 spiro atoms. The number of nitrogens with zero attached hydrogens (tertiary/aromatic N) is 2. The maximum absolute atomic E-state index is 10.9. The van der Waals surface area contributed by atoms with E-state index in [1.165, 1.54) is 0 Å². The number of ketones is 1. The molecule has 1 N–H and O–H groups in total. The molecule has 96 valence electrons. The van der Waals surface area contributed by atoms with E-state index >= 15 is 0 Å². The van der Waals surface area contributed by atoms with E-state index in [1.54, 1.807) is 6.92 Å². The lowest BCUT2D eigenvalue weighted by Crippen LogP contribution is -1.96. The van der Waals surface area contributed by atoms with Gasteiger partial charge in [0.15, 0.2) is 0 Å². The summed E-state index contributed by atoms with van der Waals surface area (Å²) in [5.74, 6) is 0.146. The Balaban J connectivity index is 2.28. The zero-order valence-corrected chi connectivity index (χ0v) is 11.3. The van der Waals surface area contributed by atoms with Crippen molar-refractivity contribution >= 4 is 11.9 Å². The molecule has 0 aliphatic rings. The summed E-state index contributed by atoms with van der Waals surface area (Å²) in [5, 5.41) is 7.30. The Kier molecular flexibility index (Phi) is 3.76. The SMILES string of the molecule is CC(=O)CC=Cc1[nH]nc(-c2cc#[n+]c(C)c2)c1C. The van der Waals surface area contributed by atoms with Gasteiger partial charge in [0.2, 0.25) is 0 Å². The molecule has 0 saturated carbocycles. The number of nitrogens with one attached hydrogen (secondary N) is 1. The first kappa shape index (κ1) is 13.0. The minimum absolute atomic E-state index is 0.146. The Morgan fingerprint density at radius 2 is 2.32 bits per heavy atom. The van der Waals surface area contributed by atoms with Crippen molar-refractivity contribution in [3.8, 4) is 11.3 Å². The molecule has 0 unspecified atom stereocenters. The van der Waals surface area contributed by atoms with Crippen LogP contribution in [0.5, 0.6) is 0 Å². The van der Waals surface area contributed by atoms with E-state index in [0.717, 1.165) is 28.2 Å². The summed E-state index contributed by atoms with van der Waals surface area (Å²) in [5.41, 5.74) is 4.77. The molecule has 2 heterocycles. The summed E-state index contributed by atoms with van der Waals surface area (Å²) in [6, 6.07) is 3.79. The molecule has 0 radical (unpaired) electrons. The van der Waals surface area contributed by atoms with Crippen molar-refractivity contribution < 1.29 is 9.78 Å². The number of aromatic amines is 1. The zero-order chi connectivity index (χ0) is 13.8. The van der Waals surface area contributed by atoms with E-state index in [1.807, 2.05) is 38.1 Å². The first-order valence-corrected chi connectivity index (χ1v) is 6.14. The van der Waals surface area contributed by atoms with Crippen LogP contribution in [-0.4, -0.2) is 16.0 Å². The number of carbonyl (C=O) groups is 1. The van der Waals surface area contributed by atoms with E-state index in [9.17, 15) is 4.79 Å². The van der Waals surface area contributed by atoms with Gasteiger partial charge in [0, 0.05) is 30.5 Å². The number of aromatic nitrogens is 3. The van der Waals surface area contributed by atoms with Crippen LogP contribution in [0, 0.1) is 20.0 Å². The molecule has 0 aliphatic carbocycles. The molecular weight excluding hydrogens is 238 g/mol. The van der Waals surface area contributed by atoms with E-state index in [2.05, 4.69) is 21.4 Å². The predicted octanol–water partition coefficient (Wildman–Crippen LogP) is 2.09. The van der Waals surface area contributed by atoms with Crippen LogP contribution in [0.3, 0.4) is 0 Å². The largest absolute Gasteiger partial charge is 0.314 e. The average molecular weight is 254 g/mol. The first-order valence-electron chi connectivity index (χ1n) is 6.14. The van der Waals surface area contributed by atoms with Gasteiger partial charge in [-0.25, -0.2) is 0 Å². The van der Waals surface area contributed by atoms with Crippen molar-refractivity contribution in [2.24, 2.45) is 0 Å². The van der Waals surface area contributed by atoms with Crippen molar-refractivity contribution in [3.63, 3.8) is 0 Å². The average Bonchev–Trinajstić information content (AvgIpc) is 2.71. The monoisotopic (exact) mass is 254 g/mol. The Labute approximate surface area is 112 Å². The fraction of sp³-hybridized carbons (Fsp3) is 0.267. The van der Waals surface area contributed by atoms with Crippen molar-refractivity contribution in [1.82, 2.24) is 10.2 Å². The summed E-state index contributed by atoms with van der Waals surface area (Å²) in [6.45, 7) is 5.50. The second-order valence-electron chi connectivity index (χ2n) is 4.55. The number of aryl methyl sites for hydroxylation is 1. The van der Waals surface area contributed by atoms with E-state index in [0.29, 0.717) is 6.42 Å². The number of hydrogen-bond acceptors (Lipinski definition) is 2. The normalized spacial score (nSPS) is 10.7. The number of carbonyl (C=O) groups excluding carboxylic acids is 1. The van der Waals surface area contributed by atoms with Crippen LogP contribution in [0.2, 0.25) is 0 Å². The lowest BCUT2D eigenvalue weighted by atomic mass is 10.1. The van der Waals surface area contributed by atoms with Crippen molar-refractivity contribution in [3.05, 3.63) is 41.4 Å². The van der Waals surface area contributed by atoms with Gasteiger partial charge in [0.1, 0.15) is 5.78 Å². The van der Waals surface area contributed by atoms with Gasteiger partial charge in [-0.05, 0) is 24.9 Å². The lowest BCUT2D eigenvalue weighted by Gasteiger charge is -1.94. The van der Waals surface area contributed by atoms with E-state index in [4.69, 9.17) is 0 Å². The van der Waals surface area contributed by atoms with Gasteiger partial charge in [0.25, 0.3) is 0 Å². The molecule has 4 heteroatoms. The molecule has 0 saturated heterocycles. The van der Waals surface area contributed by atoms with Gasteiger partial charge >= 0.3 is 11.9 Å². The number of hydrogen-bond donors (Lipinski definition) is 1. The first-order chi connectivity index (χ1) is 9.08. The van der Waals surface area contributed by atoms with E-state index < -0.39 is 0 Å². The highest BCUT2D eigenvalue weighted by Crippen LogP contribution is 2.22. The summed E-state index contributed by atoms with van der Waals surface area (Å²) in [4.78, 5) is 15.0. The topological polar surface area (TPSA) is 59.9 Å². The van der Waals surface area contributed by atoms with Gasteiger partial charge in [-0.3, -0.25) is 9.89 Å². The van der Waals surface area contributed by atoms with Crippen LogP contribution in [0.25, 0.3) is 17.3 Å². The highest BCUT2D eigenvalue weighted by Gasteiger charge is 2.11. The second kappa shape index (κ2) is 5.49. The van der Waals surface area contributed by atoms with Crippen LogP contribution >= 0.6 is 0 Å². The Morgan fingerprint density at radius 3 is 3.00 bits per heavy atom. The number of rotatable bonds is 4. The van der Waals surface area contributed by atoms with Crippen molar-refractivity contribution in [1.29, 1.82) is 0 Å². The minimum Gasteiger partial charge on any atom is -0.300 e. The molecular formula is C15H16N3O+. The third kappa shape index (κ3) is 3.08. The molecule has 0 bridgehead atoms. The molecule has 2 rings (SSSR count). The fourth-order valence-corrected chi connectivity index (χ4v) is 1.84. The van der Waals surface area contributed by atoms with E-state index in [-0.39, 0.29) is 5.78 Å². The van der Waals surface area contributed by atoms with Crippen LogP contribution in [-0.2, 0) is 4.79 Å². The standard InChI is InChI=1S/C15H15N3O/c1-10-9-13(7-8-16-10)15-12(3)14(17-18-15)6-4-5-11(2)19/h4,6-7,9H,5H2,1-3H3/p+1. The third-order valence-electron chi connectivity index (χ3n) is 2.84. The zero-order valence-electron chi connectivity index (χ0n) is 11.3. The van der Waals surface area contributed by atoms with Gasteiger partial charge in [0.05, 0.1) is 17.5 Å². The minimum atomic E-state index is 0.146. The van der Waals surface area contributed by atoms with Crippen molar-refractivity contribution in [2.45, 2.75) is 27.2 Å². The molecule has 2 aromatic heterocycles. The van der Waals surface area contributed by atoms with Crippen LogP contribution in [0.4, 0.5) is 0 Å². The summed E-state index contributed by atoms with van der Waals surface area (Å²) < 4.78 is 0. The fourth-order valence-electron chi connectivity index (χ4n) is 1.84. The molecule has 4 nitrogen and oxygen atoms in total. The van der Waals surface area contributed by atoms with Gasteiger partial charge < -0.3 is 0 Å². The molecule has 2 aromatic rings. The van der Waals surface area contributed by atoms with Crippen molar-refractivity contribution in [2.75, 3.05) is 0 Å². The maximum Gasteiger partial charge on any atom is 0.314 e. The van der Waals surface area contributed by atoms with Gasteiger partial charge in [-0.2, -0.15) is 5.10 Å². The summed E-state index contributed by atoms with van der Waals surface area (Å²) >= 11 is 0. The number of allylic oxidation sites excluding steroid dienone is 1. The molecule has 0 aliphatic heterocycles. The molecule has 0 fully saturated rings.